The van der Waals surface area contributed by atoms with Crippen molar-refractivity contribution in [2.24, 2.45) is 10.9 Å². The van der Waals surface area contributed by atoms with E-state index >= 15 is 0 Å². The van der Waals surface area contributed by atoms with Gasteiger partial charge in [0, 0.05) is 49.1 Å². The van der Waals surface area contributed by atoms with Crippen LogP contribution in [0.3, 0.4) is 0 Å². The Hall–Kier alpha value is -1.79. The van der Waals surface area contributed by atoms with Gasteiger partial charge in [0.15, 0.2) is 5.54 Å². The summed E-state index contributed by atoms with van der Waals surface area (Å²) >= 11 is 8.06. The second-order valence-electron chi connectivity index (χ2n) is 11.0. The van der Waals surface area contributed by atoms with Gasteiger partial charge in [0.1, 0.15) is 4.99 Å². The number of piperidine rings is 2. The number of likely N-dealkylation sites (tertiary alicyclic amines) is 1. The summed E-state index contributed by atoms with van der Waals surface area (Å²) in [5, 5.41) is 1.19. The molecule has 0 saturated carbocycles. The molecule has 176 valence electrons. The van der Waals surface area contributed by atoms with Crippen LogP contribution in [0.4, 0.5) is 5.69 Å². The molecule has 3 aliphatic heterocycles. The molecular formula is C27H36N4S2. The van der Waals surface area contributed by atoms with E-state index in [1.54, 1.807) is 0 Å². The van der Waals surface area contributed by atoms with E-state index in [1.165, 1.54) is 53.1 Å². The largest absolute Gasteiger partial charge is 0.371 e. The van der Waals surface area contributed by atoms with Gasteiger partial charge in [0.25, 0.3) is 0 Å². The van der Waals surface area contributed by atoms with Gasteiger partial charge in [-0.15, -0.1) is 11.3 Å². The predicted octanol–water partition coefficient (Wildman–Crippen LogP) is 6.48. The third-order valence-corrected chi connectivity index (χ3v) is 9.37. The summed E-state index contributed by atoms with van der Waals surface area (Å²) in [5.41, 5.74) is 3.05. The van der Waals surface area contributed by atoms with Crippen molar-refractivity contribution in [1.29, 1.82) is 0 Å². The highest BCUT2D eigenvalue weighted by Gasteiger charge is 2.42. The maximum Gasteiger partial charge on any atom is 0.156 e. The third-order valence-electron chi connectivity index (χ3n) is 7.35. The first-order valence-corrected chi connectivity index (χ1v) is 13.7. The number of allylic oxidation sites excluding steroid dienone is 1. The Morgan fingerprint density at radius 1 is 1.09 bits per heavy atom. The van der Waals surface area contributed by atoms with Crippen LogP contribution in [-0.2, 0) is 11.0 Å². The Morgan fingerprint density at radius 3 is 2.45 bits per heavy atom. The highest BCUT2D eigenvalue weighted by atomic mass is 32.1. The first-order chi connectivity index (χ1) is 15.8. The zero-order valence-electron chi connectivity index (χ0n) is 20.4. The van der Waals surface area contributed by atoms with Crippen LogP contribution in [0.15, 0.2) is 29.3 Å². The van der Waals surface area contributed by atoms with E-state index < -0.39 is 5.54 Å². The minimum Gasteiger partial charge on any atom is -0.371 e. The predicted molar refractivity (Wildman–Crippen MR) is 146 cm³/mol. The fourth-order valence-electron chi connectivity index (χ4n) is 5.23. The minimum atomic E-state index is -0.594. The molecule has 0 spiro atoms. The SMILES string of the molecule is CC1CCN(C(=S)C2(c3cc4sc(C(C)(C)C)nc4cc3N3CCCCC3)C=CC=N2)CC1. The van der Waals surface area contributed by atoms with Crippen molar-refractivity contribution < 1.29 is 0 Å². The van der Waals surface area contributed by atoms with Crippen LogP contribution in [0, 0.1) is 5.92 Å². The number of aliphatic imine (C=N–C) groups is 1. The zero-order valence-corrected chi connectivity index (χ0v) is 22.1. The number of rotatable bonds is 3. The Morgan fingerprint density at radius 2 is 1.82 bits per heavy atom. The monoisotopic (exact) mass is 480 g/mol. The summed E-state index contributed by atoms with van der Waals surface area (Å²) in [4.78, 5) is 16.1. The van der Waals surface area contributed by atoms with E-state index in [2.05, 4.69) is 61.8 Å². The van der Waals surface area contributed by atoms with Crippen molar-refractivity contribution in [3.05, 3.63) is 34.9 Å². The molecule has 2 aromatic rings. The molecule has 2 saturated heterocycles. The van der Waals surface area contributed by atoms with Gasteiger partial charge in [-0.25, -0.2) is 4.98 Å². The highest BCUT2D eigenvalue weighted by molar-refractivity contribution is 7.80. The second-order valence-corrected chi connectivity index (χ2v) is 12.4. The molecule has 0 bridgehead atoms. The number of anilines is 1. The smallest absolute Gasteiger partial charge is 0.156 e. The lowest BCUT2D eigenvalue weighted by molar-refractivity contribution is 0.275. The molecule has 0 radical (unpaired) electrons. The maximum absolute atomic E-state index is 6.24. The molecule has 5 rings (SSSR count). The van der Waals surface area contributed by atoms with Gasteiger partial charge in [-0.3, -0.25) is 4.99 Å². The standard InChI is InChI=1S/C27H36N4S2/c1-19-9-15-31(16-10-19)25(32)27(11-8-12-28-27)20-17-23-21(29-24(33-23)26(2,3)4)18-22(20)30-13-6-5-7-14-30/h8,11-12,17-19H,5-7,9-10,13-16H2,1-4H3. The van der Waals surface area contributed by atoms with Gasteiger partial charge in [-0.2, -0.15) is 0 Å². The number of thiazole rings is 1. The zero-order chi connectivity index (χ0) is 23.2. The lowest BCUT2D eigenvalue weighted by Gasteiger charge is -2.40. The summed E-state index contributed by atoms with van der Waals surface area (Å²) in [6.07, 6.45) is 12.4. The quantitative estimate of drug-likeness (QED) is 0.471. The molecule has 0 N–H and O–H groups in total. The molecule has 6 heteroatoms. The van der Waals surface area contributed by atoms with Crippen molar-refractivity contribution in [3.8, 4) is 0 Å². The Balaban J connectivity index is 1.65. The average Bonchev–Trinajstić information content (AvgIpc) is 3.46. The molecule has 0 aliphatic carbocycles. The summed E-state index contributed by atoms with van der Waals surface area (Å²) in [6.45, 7) is 13.3. The maximum atomic E-state index is 6.24. The molecule has 2 fully saturated rings. The molecule has 33 heavy (non-hydrogen) atoms. The molecular weight excluding hydrogens is 444 g/mol. The van der Waals surface area contributed by atoms with Gasteiger partial charge < -0.3 is 9.80 Å². The number of fused-ring (bicyclic) bond motifs is 1. The number of hydrogen-bond acceptors (Lipinski definition) is 5. The highest BCUT2D eigenvalue weighted by Crippen LogP contribution is 2.44. The number of thiocarbonyl (C=S) groups is 1. The van der Waals surface area contributed by atoms with Crippen molar-refractivity contribution in [3.63, 3.8) is 0 Å². The van der Waals surface area contributed by atoms with E-state index in [9.17, 15) is 0 Å². The number of aromatic nitrogens is 1. The van der Waals surface area contributed by atoms with Gasteiger partial charge >= 0.3 is 0 Å². The Labute approximate surface area is 207 Å². The third kappa shape index (κ3) is 4.25. The number of hydrogen-bond donors (Lipinski definition) is 0. The van der Waals surface area contributed by atoms with Gasteiger partial charge in [-0.05, 0) is 62.3 Å². The van der Waals surface area contributed by atoms with E-state index in [0.29, 0.717) is 0 Å². The number of benzene rings is 1. The fraction of sp³-hybridized carbons (Fsp3) is 0.593. The Bertz CT molecular complexity index is 1080. The van der Waals surface area contributed by atoms with Crippen molar-refractivity contribution >= 4 is 50.7 Å². The molecule has 1 aromatic heterocycles. The minimum absolute atomic E-state index is 0.0397. The summed E-state index contributed by atoms with van der Waals surface area (Å²) < 4.78 is 1.24. The van der Waals surface area contributed by atoms with E-state index in [4.69, 9.17) is 22.2 Å². The van der Waals surface area contributed by atoms with Gasteiger partial charge in [0.2, 0.25) is 0 Å². The van der Waals surface area contributed by atoms with Crippen LogP contribution in [0.2, 0.25) is 0 Å². The lowest BCUT2D eigenvalue weighted by Crippen LogP contribution is -2.47. The van der Waals surface area contributed by atoms with Crippen molar-refractivity contribution in [2.45, 2.75) is 70.8 Å². The molecule has 4 nitrogen and oxygen atoms in total. The van der Waals surface area contributed by atoms with Crippen LogP contribution < -0.4 is 4.90 Å². The molecule has 4 heterocycles. The topological polar surface area (TPSA) is 31.7 Å². The van der Waals surface area contributed by atoms with Crippen LogP contribution in [0.5, 0.6) is 0 Å². The van der Waals surface area contributed by atoms with Crippen LogP contribution >= 0.6 is 23.6 Å². The van der Waals surface area contributed by atoms with Gasteiger partial charge in [-0.1, -0.05) is 39.9 Å². The van der Waals surface area contributed by atoms with E-state index in [0.717, 1.165) is 42.6 Å². The van der Waals surface area contributed by atoms with Crippen molar-refractivity contribution in [1.82, 2.24) is 9.88 Å². The lowest BCUT2D eigenvalue weighted by atomic mass is 9.86. The molecule has 3 aliphatic rings. The first kappa shape index (κ1) is 23.0. The van der Waals surface area contributed by atoms with Crippen molar-refractivity contribution in [2.75, 3.05) is 31.1 Å². The van der Waals surface area contributed by atoms with Gasteiger partial charge in [0.05, 0.1) is 15.2 Å². The molecule has 0 amide bonds. The summed E-state index contributed by atoms with van der Waals surface area (Å²) in [6, 6.07) is 4.68. The fourth-order valence-corrected chi connectivity index (χ4v) is 6.68. The molecule has 1 unspecified atom stereocenters. The molecule has 1 aromatic carbocycles. The van der Waals surface area contributed by atoms with Crippen LogP contribution in [0.25, 0.3) is 10.2 Å². The first-order valence-electron chi connectivity index (χ1n) is 12.5. The Kier molecular flexibility index (Phi) is 6.11. The second kappa shape index (κ2) is 8.77. The average molecular weight is 481 g/mol. The van der Waals surface area contributed by atoms with E-state index in [-0.39, 0.29) is 5.41 Å². The van der Waals surface area contributed by atoms with Crippen LogP contribution in [-0.4, -0.2) is 47.3 Å². The summed E-state index contributed by atoms with van der Waals surface area (Å²) in [5.74, 6) is 0.774. The number of nitrogens with zero attached hydrogens (tertiary/aromatic N) is 4. The normalized spacial score (nSPS) is 24.2. The van der Waals surface area contributed by atoms with E-state index in [1.807, 2.05) is 17.6 Å². The summed E-state index contributed by atoms with van der Waals surface area (Å²) in [7, 11) is 0. The van der Waals surface area contributed by atoms with Crippen LogP contribution in [0.1, 0.15) is 70.4 Å². The molecule has 1 atom stereocenters.